The molecule has 1 aromatic heterocycles. The average Bonchev–Trinajstić information content (AvgIpc) is 2.31. The molecular formula is C12H13ClFN. The van der Waals surface area contributed by atoms with Gasteiger partial charge in [0.05, 0.1) is 11.7 Å². The molecule has 0 saturated heterocycles. The average molecular weight is 226 g/mol. The highest BCUT2D eigenvalue weighted by Gasteiger charge is 2.01. The minimum Gasteiger partial charge on any atom is -0.253 e. The molecule has 0 aliphatic rings. The minimum absolute atomic E-state index is 0.329. The Labute approximate surface area is 93.9 Å². The van der Waals surface area contributed by atoms with Crippen LogP contribution >= 0.6 is 11.6 Å². The Kier molecular flexibility index (Phi) is 4.50. The SMILES string of the molecule is CC.Fc1cnc2cccc(CCl)c2c1. The Morgan fingerprint density at radius 1 is 1.33 bits per heavy atom. The number of hydrogen-bond acceptors (Lipinski definition) is 1. The molecule has 0 saturated carbocycles. The van der Waals surface area contributed by atoms with Crippen LogP contribution in [0, 0.1) is 5.82 Å². The summed E-state index contributed by atoms with van der Waals surface area (Å²) in [6.45, 7) is 4.00. The smallest absolute Gasteiger partial charge is 0.142 e. The van der Waals surface area contributed by atoms with E-state index in [4.69, 9.17) is 11.6 Å². The fourth-order valence-electron chi connectivity index (χ4n) is 1.30. The van der Waals surface area contributed by atoms with Gasteiger partial charge in [0.15, 0.2) is 0 Å². The predicted molar refractivity (Wildman–Crippen MR) is 62.6 cm³/mol. The molecule has 1 heterocycles. The van der Waals surface area contributed by atoms with Crippen LogP contribution in [0.4, 0.5) is 4.39 Å². The molecule has 0 amide bonds. The van der Waals surface area contributed by atoms with Crippen molar-refractivity contribution in [1.82, 2.24) is 4.98 Å². The van der Waals surface area contributed by atoms with E-state index in [1.165, 1.54) is 12.3 Å². The van der Waals surface area contributed by atoms with Crippen LogP contribution in [0.5, 0.6) is 0 Å². The van der Waals surface area contributed by atoms with Crippen LogP contribution < -0.4 is 0 Å². The Hall–Kier alpha value is -1.15. The van der Waals surface area contributed by atoms with Gasteiger partial charge in [0, 0.05) is 11.3 Å². The molecular weight excluding hydrogens is 213 g/mol. The summed E-state index contributed by atoms with van der Waals surface area (Å²) >= 11 is 5.71. The maximum atomic E-state index is 12.8. The number of aromatic nitrogens is 1. The Morgan fingerprint density at radius 2 is 2.07 bits per heavy atom. The van der Waals surface area contributed by atoms with Crippen molar-refractivity contribution in [3.8, 4) is 0 Å². The van der Waals surface area contributed by atoms with E-state index in [1.54, 1.807) is 0 Å². The van der Waals surface area contributed by atoms with Crippen LogP contribution in [-0.4, -0.2) is 4.98 Å². The van der Waals surface area contributed by atoms with E-state index in [9.17, 15) is 4.39 Å². The number of pyridine rings is 1. The standard InChI is InChI=1S/C10H7ClFN.C2H6/c11-5-7-2-1-3-10-9(7)4-8(12)6-13-10;1-2/h1-4,6H,5H2;1-2H3. The quantitative estimate of drug-likeness (QED) is 0.665. The Balaban J connectivity index is 0.000000531. The Bertz CT molecular complexity index is 443. The molecule has 15 heavy (non-hydrogen) atoms. The van der Waals surface area contributed by atoms with Gasteiger partial charge in [-0.15, -0.1) is 11.6 Å². The summed E-state index contributed by atoms with van der Waals surface area (Å²) in [5.74, 6) is 0.0488. The lowest BCUT2D eigenvalue weighted by Gasteiger charge is -2.01. The van der Waals surface area contributed by atoms with Gasteiger partial charge in [-0.3, -0.25) is 4.98 Å². The second kappa shape index (κ2) is 5.66. The molecule has 0 aliphatic carbocycles. The van der Waals surface area contributed by atoms with Gasteiger partial charge >= 0.3 is 0 Å². The van der Waals surface area contributed by atoms with Crippen molar-refractivity contribution in [2.75, 3.05) is 0 Å². The fraction of sp³-hybridized carbons (Fsp3) is 0.250. The summed E-state index contributed by atoms with van der Waals surface area (Å²) < 4.78 is 12.8. The van der Waals surface area contributed by atoms with Crippen molar-refractivity contribution in [2.45, 2.75) is 19.7 Å². The maximum absolute atomic E-state index is 12.8. The maximum Gasteiger partial charge on any atom is 0.142 e. The van der Waals surface area contributed by atoms with Crippen LogP contribution in [0.1, 0.15) is 19.4 Å². The first-order chi connectivity index (χ1) is 7.31. The topological polar surface area (TPSA) is 12.9 Å². The molecule has 1 nitrogen and oxygen atoms in total. The van der Waals surface area contributed by atoms with Crippen molar-refractivity contribution in [1.29, 1.82) is 0 Å². The third-order valence-electron chi connectivity index (χ3n) is 1.93. The van der Waals surface area contributed by atoms with Crippen LogP contribution in [0.15, 0.2) is 30.5 Å². The molecule has 1 aromatic carbocycles. The molecule has 0 unspecified atom stereocenters. The highest BCUT2D eigenvalue weighted by molar-refractivity contribution is 6.18. The predicted octanol–water partition coefficient (Wildman–Crippen LogP) is 4.14. The first-order valence-corrected chi connectivity index (χ1v) is 5.44. The fourth-order valence-corrected chi connectivity index (χ4v) is 1.53. The summed E-state index contributed by atoms with van der Waals surface area (Å²) in [6, 6.07) is 7.03. The molecule has 0 spiro atoms. The van der Waals surface area contributed by atoms with Crippen molar-refractivity contribution >= 4 is 22.5 Å². The second-order valence-corrected chi connectivity index (χ2v) is 3.04. The monoisotopic (exact) mass is 225 g/mol. The van der Waals surface area contributed by atoms with E-state index in [2.05, 4.69) is 4.98 Å². The van der Waals surface area contributed by atoms with E-state index in [0.717, 1.165) is 16.5 Å². The molecule has 80 valence electrons. The number of fused-ring (bicyclic) bond motifs is 1. The number of rotatable bonds is 1. The molecule has 0 N–H and O–H groups in total. The highest BCUT2D eigenvalue weighted by atomic mass is 35.5. The highest BCUT2D eigenvalue weighted by Crippen LogP contribution is 2.19. The lowest BCUT2D eigenvalue weighted by Crippen LogP contribution is -1.86. The van der Waals surface area contributed by atoms with Crippen LogP contribution in [0.2, 0.25) is 0 Å². The van der Waals surface area contributed by atoms with Gasteiger partial charge in [0.2, 0.25) is 0 Å². The molecule has 0 aliphatic heterocycles. The number of alkyl halides is 1. The molecule has 0 bridgehead atoms. The number of halogens is 2. The van der Waals surface area contributed by atoms with Crippen molar-refractivity contribution in [2.24, 2.45) is 0 Å². The second-order valence-electron chi connectivity index (χ2n) is 2.77. The van der Waals surface area contributed by atoms with E-state index in [-0.39, 0.29) is 5.82 Å². The summed E-state index contributed by atoms with van der Waals surface area (Å²) in [7, 11) is 0. The lowest BCUT2D eigenvalue weighted by molar-refractivity contribution is 0.624. The van der Waals surface area contributed by atoms with Gasteiger partial charge in [-0.25, -0.2) is 4.39 Å². The first kappa shape index (κ1) is 11.9. The Morgan fingerprint density at radius 3 is 2.73 bits per heavy atom. The zero-order valence-electron chi connectivity index (χ0n) is 8.80. The van der Waals surface area contributed by atoms with Gasteiger partial charge in [-0.1, -0.05) is 26.0 Å². The summed E-state index contributed by atoms with van der Waals surface area (Å²) in [5.41, 5.74) is 1.69. The third kappa shape index (κ3) is 2.66. The normalized spacial score (nSPS) is 9.60. The minimum atomic E-state index is -0.329. The summed E-state index contributed by atoms with van der Waals surface area (Å²) in [5, 5.41) is 0.789. The number of nitrogens with zero attached hydrogens (tertiary/aromatic N) is 1. The third-order valence-corrected chi connectivity index (χ3v) is 2.21. The van der Waals surface area contributed by atoms with Crippen molar-refractivity contribution in [3.05, 3.63) is 41.8 Å². The molecule has 0 atom stereocenters. The van der Waals surface area contributed by atoms with Gasteiger partial charge in [-0.05, 0) is 17.7 Å². The van der Waals surface area contributed by atoms with Gasteiger partial charge in [-0.2, -0.15) is 0 Å². The van der Waals surface area contributed by atoms with E-state index in [0.29, 0.717) is 5.88 Å². The van der Waals surface area contributed by atoms with Gasteiger partial charge in [0.1, 0.15) is 5.82 Å². The van der Waals surface area contributed by atoms with Crippen LogP contribution in [-0.2, 0) is 5.88 Å². The lowest BCUT2D eigenvalue weighted by atomic mass is 10.1. The summed E-state index contributed by atoms with van der Waals surface area (Å²) in [4.78, 5) is 3.96. The number of hydrogen-bond donors (Lipinski definition) is 0. The summed E-state index contributed by atoms with van der Waals surface area (Å²) in [6.07, 6.45) is 1.21. The largest absolute Gasteiger partial charge is 0.253 e. The first-order valence-electron chi connectivity index (χ1n) is 4.90. The van der Waals surface area contributed by atoms with E-state index >= 15 is 0 Å². The zero-order chi connectivity index (χ0) is 11.3. The van der Waals surface area contributed by atoms with E-state index < -0.39 is 0 Å². The molecule has 0 fully saturated rings. The van der Waals surface area contributed by atoms with Crippen molar-refractivity contribution in [3.63, 3.8) is 0 Å². The van der Waals surface area contributed by atoms with Crippen LogP contribution in [0.3, 0.4) is 0 Å². The van der Waals surface area contributed by atoms with Gasteiger partial charge in [0.25, 0.3) is 0 Å². The number of benzene rings is 1. The van der Waals surface area contributed by atoms with Crippen LogP contribution in [0.25, 0.3) is 10.9 Å². The molecule has 2 rings (SSSR count). The van der Waals surface area contributed by atoms with E-state index in [1.807, 2.05) is 32.0 Å². The van der Waals surface area contributed by atoms with Gasteiger partial charge < -0.3 is 0 Å². The molecule has 2 aromatic rings. The molecule has 3 heteroatoms. The van der Waals surface area contributed by atoms with Crippen molar-refractivity contribution < 1.29 is 4.39 Å². The molecule has 0 radical (unpaired) electrons. The zero-order valence-corrected chi connectivity index (χ0v) is 9.55.